The molecule has 9 nitrogen and oxygen atoms in total. The Morgan fingerprint density at radius 2 is 1.81 bits per heavy atom. The second-order valence-electron chi connectivity index (χ2n) is 7.72. The lowest BCUT2D eigenvalue weighted by atomic mass is 9.90. The topological polar surface area (TPSA) is 141 Å². The first-order chi connectivity index (χ1) is 14.8. The van der Waals surface area contributed by atoms with Gasteiger partial charge >= 0.3 is 6.09 Å². The predicted molar refractivity (Wildman–Crippen MR) is 116 cm³/mol. The van der Waals surface area contributed by atoms with Crippen LogP contribution in [0.4, 0.5) is 10.5 Å². The van der Waals surface area contributed by atoms with E-state index in [1.165, 1.54) is 11.8 Å². The number of hydrogen-bond donors (Lipinski definition) is 4. The highest BCUT2D eigenvalue weighted by Crippen LogP contribution is 2.35. The van der Waals surface area contributed by atoms with Gasteiger partial charge in [0.15, 0.2) is 0 Å². The van der Waals surface area contributed by atoms with E-state index >= 15 is 0 Å². The van der Waals surface area contributed by atoms with Crippen LogP contribution in [-0.4, -0.2) is 51.2 Å². The van der Waals surface area contributed by atoms with Gasteiger partial charge in [-0.1, -0.05) is 12.1 Å². The number of likely N-dealkylation sites (tertiary alicyclic amines) is 1. The average Bonchev–Trinajstić information content (AvgIpc) is 3.17. The maximum atomic E-state index is 12.1. The number of anilines is 1. The molecule has 3 aromatic rings. The minimum absolute atomic E-state index is 0.110. The van der Waals surface area contributed by atoms with Gasteiger partial charge in [0.2, 0.25) is 5.91 Å². The van der Waals surface area contributed by atoms with Crippen molar-refractivity contribution in [3.63, 3.8) is 0 Å². The molecule has 5 N–H and O–H groups in total. The summed E-state index contributed by atoms with van der Waals surface area (Å²) in [6.07, 6.45) is 0.435. The molecule has 3 amide bonds. The number of nitrogens with two attached hydrogens (primary N) is 1. The first kappa shape index (κ1) is 20.4. The summed E-state index contributed by atoms with van der Waals surface area (Å²) in [5.41, 5.74) is 9.72. The molecule has 0 unspecified atom stereocenters. The van der Waals surface area contributed by atoms with Gasteiger partial charge < -0.3 is 21.1 Å². The van der Waals surface area contributed by atoms with Crippen molar-refractivity contribution in [2.45, 2.75) is 25.7 Å². The summed E-state index contributed by atoms with van der Waals surface area (Å²) in [6.45, 7) is 2.35. The van der Waals surface area contributed by atoms with Gasteiger partial charge in [0, 0.05) is 42.7 Å². The first-order valence-corrected chi connectivity index (χ1v) is 10.0. The van der Waals surface area contributed by atoms with Crippen molar-refractivity contribution in [3.05, 3.63) is 47.7 Å². The molecule has 1 aliphatic rings. The quantitative estimate of drug-likeness (QED) is 0.512. The van der Waals surface area contributed by atoms with Crippen molar-refractivity contribution in [1.29, 1.82) is 0 Å². The number of fused-ring (bicyclic) bond motifs is 1. The molecule has 2 heterocycles. The molecule has 160 valence electrons. The molecular weight excluding hydrogens is 398 g/mol. The Labute approximate surface area is 178 Å². The van der Waals surface area contributed by atoms with E-state index in [4.69, 9.17) is 5.73 Å². The van der Waals surface area contributed by atoms with Crippen LogP contribution in [0.5, 0.6) is 0 Å². The zero-order chi connectivity index (χ0) is 22.1. The summed E-state index contributed by atoms with van der Waals surface area (Å²) in [7, 11) is 0. The number of hydrogen-bond acceptors (Lipinski definition) is 4. The van der Waals surface area contributed by atoms with E-state index in [2.05, 4.69) is 15.5 Å². The number of nitrogens with one attached hydrogen (secondary N) is 2. The lowest BCUT2D eigenvalue weighted by molar-refractivity contribution is -0.114. The number of amides is 3. The van der Waals surface area contributed by atoms with E-state index in [9.17, 15) is 19.5 Å². The van der Waals surface area contributed by atoms with Crippen LogP contribution in [0, 0.1) is 0 Å². The van der Waals surface area contributed by atoms with Crippen molar-refractivity contribution in [2.24, 2.45) is 5.73 Å². The van der Waals surface area contributed by atoms with Crippen LogP contribution in [0.1, 0.15) is 41.7 Å². The van der Waals surface area contributed by atoms with Gasteiger partial charge in [0.05, 0.1) is 5.56 Å². The molecule has 1 aromatic heterocycles. The Bertz CT molecular complexity index is 1160. The van der Waals surface area contributed by atoms with Crippen LogP contribution in [-0.2, 0) is 4.79 Å². The van der Waals surface area contributed by atoms with Gasteiger partial charge in [-0.15, -0.1) is 0 Å². The molecule has 0 bridgehead atoms. The Balaban J connectivity index is 1.72. The zero-order valence-corrected chi connectivity index (χ0v) is 17.0. The third-order valence-corrected chi connectivity index (χ3v) is 5.67. The normalized spacial score (nSPS) is 14.5. The van der Waals surface area contributed by atoms with Gasteiger partial charge in [0.1, 0.15) is 5.52 Å². The highest BCUT2D eigenvalue weighted by atomic mass is 16.4. The third kappa shape index (κ3) is 4.07. The first-order valence-electron chi connectivity index (χ1n) is 10.0. The number of carbonyl (C=O) groups excluding carboxylic acids is 2. The van der Waals surface area contributed by atoms with E-state index < -0.39 is 12.0 Å². The molecular formula is C22H23N5O4. The van der Waals surface area contributed by atoms with Gasteiger partial charge in [-0.05, 0) is 48.2 Å². The molecule has 2 aromatic carbocycles. The summed E-state index contributed by atoms with van der Waals surface area (Å²) in [6, 6.07) is 11.0. The molecule has 31 heavy (non-hydrogen) atoms. The molecule has 4 rings (SSSR count). The minimum Gasteiger partial charge on any atom is -0.465 e. The van der Waals surface area contributed by atoms with Crippen LogP contribution in [0.15, 0.2) is 36.4 Å². The van der Waals surface area contributed by atoms with Crippen LogP contribution < -0.4 is 11.1 Å². The van der Waals surface area contributed by atoms with Gasteiger partial charge in [0.25, 0.3) is 5.91 Å². The minimum atomic E-state index is -0.908. The highest BCUT2D eigenvalue weighted by Gasteiger charge is 2.27. The van der Waals surface area contributed by atoms with Gasteiger partial charge in [-0.25, -0.2) is 4.79 Å². The number of primary amides is 1. The summed E-state index contributed by atoms with van der Waals surface area (Å²) in [5.74, 6) is -0.610. The van der Waals surface area contributed by atoms with Gasteiger partial charge in [-0.2, -0.15) is 5.10 Å². The maximum Gasteiger partial charge on any atom is 0.407 e. The summed E-state index contributed by atoms with van der Waals surface area (Å²) >= 11 is 0. The Hall–Kier alpha value is -3.88. The van der Waals surface area contributed by atoms with Crippen LogP contribution in [0.25, 0.3) is 22.0 Å². The van der Waals surface area contributed by atoms with Crippen LogP contribution >= 0.6 is 0 Å². The van der Waals surface area contributed by atoms with E-state index in [1.54, 1.807) is 18.2 Å². The number of carboxylic acid groups (broad SMARTS) is 1. The largest absolute Gasteiger partial charge is 0.465 e. The van der Waals surface area contributed by atoms with Crippen molar-refractivity contribution in [2.75, 3.05) is 18.4 Å². The number of H-pyrrole nitrogens is 1. The summed E-state index contributed by atoms with van der Waals surface area (Å²) < 4.78 is 0. The lowest BCUT2D eigenvalue weighted by Crippen LogP contribution is -2.36. The second kappa shape index (κ2) is 8.10. The zero-order valence-electron chi connectivity index (χ0n) is 17.0. The fourth-order valence-corrected chi connectivity index (χ4v) is 4.11. The monoisotopic (exact) mass is 421 g/mol. The maximum absolute atomic E-state index is 12.1. The van der Waals surface area contributed by atoms with Crippen molar-refractivity contribution >= 4 is 34.5 Å². The number of aromatic amines is 1. The van der Waals surface area contributed by atoms with E-state index in [0.717, 1.165) is 22.2 Å². The number of aromatic nitrogens is 2. The highest BCUT2D eigenvalue weighted by molar-refractivity contribution is 6.07. The molecule has 0 aliphatic carbocycles. The Morgan fingerprint density at radius 3 is 2.39 bits per heavy atom. The standard InChI is InChI=1S/C22H23N5O4/c1-12(28)24-16-4-2-13(3-5-16)15-10-17-19(14-6-8-27(9-7-14)22(30)31)25-26-20(17)18(11-15)21(23)29/h2-5,10-11,14H,6-9H2,1H3,(H2,23,29)(H,24,28)(H,25,26)(H,30,31). The van der Waals surface area contributed by atoms with E-state index in [1.807, 2.05) is 18.2 Å². The fraction of sp³-hybridized carbons (Fsp3) is 0.273. The van der Waals surface area contributed by atoms with Crippen molar-refractivity contribution in [3.8, 4) is 11.1 Å². The SMILES string of the molecule is CC(=O)Nc1ccc(-c2cc(C(N)=O)c3n[nH]c(C4CCN(C(=O)O)CC4)c3c2)cc1. The molecule has 0 radical (unpaired) electrons. The van der Waals surface area contributed by atoms with Crippen LogP contribution in [0.2, 0.25) is 0 Å². The molecule has 1 aliphatic heterocycles. The molecule has 0 atom stereocenters. The number of piperidine rings is 1. The van der Waals surface area contributed by atoms with Crippen molar-refractivity contribution < 1.29 is 19.5 Å². The van der Waals surface area contributed by atoms with Crippen LogP contribution in [0.3, 0.4) is 0 Å². The summed E-state index contributed by atoms with van der Waals surface area (Å²) in [5, 5.41) is 20.1. The molecule has 9 heteroatoms. The summed E-state index contributed by atoms with van der Waals surface area (Å²) in [4.78, 5) is 36.0. The number of rotatable bonds is 4. The Kier molecular flexibility index (Phi) is 5.33. The Morgan fingerprint density at radius 1 is 1.13 bits per heavy atom. The van der Waals surface area contributed by atoms with Crippen molar-refractivity contribution in [1.82, 2.24) is 15.1 Å². The fourth-order valence-electron chi connectivity index (χ4n) is 4.11. The lowest BCUT2D eigenvalue weighted by Gasteiger charge is -2.29. The van der Waals surface area contributed by atoms with E-state index in [0.29, 0.717) is 42.7 Å². The molecule has 1 fully saturated rings. The number of benzene rings is 2. The third-order valence-electron chi connectivity index (χ3n) is 5.67. The second-order valence-corrected chi connectivity index (χ2v) is 7.72. The molecule has 1 saturated heterocycles. The van der Waals surface area contributed by atoms with Gasteiger partial charge in [-0.3, -0.25) is 14.7 Å². The predicted octanol–water partition coefficient (Wildman–Crippen LogP) is 3.14. The average molecular weight is 421 g/mol. The molecule has 0 spiro atoms. The smallest absolute Gasteiger partial charge is 0.407 e. The number of nitrogens with zero attached hydrogens (tertiary/aromatic N) is 2. The van der Waals surface area contributed by atoms with E-state index in [-0.39, 0.29) is 11.8 Å². The number of carbonyl (C=O) groups is 3. The molecule has 0 saturated carbocycles.